The fourth-order valence-electron chi connectivity index (χ4n) is 0.566. The summed E-state index contributed by atoms with van der Waals surface area (Å²) in [5.74, 6) is -0.399. The molecule has 0 radical (unpaired) electrons. The first kappa shape index (κ1) is 6.25. The second-order valence-electron chi connectivity index (χ2n) is 1.93. The van der Waals surface area contributed by atoms with Gasteiger partial charge in [-0.15, -0.1) is 12.4 Å². The number of nitrogens with one attached hydrogen (secondary N) is 1. The Hall–Kier alpha value is -1.29. The third-order valence-electron chi connectivity index (χ3n) is 0.985. The number of carbonyl (C=O) groups excluding carboxylic acids is 1. The molecule has 0 bridgehead atoms. The Morgan fingerprint density at radius 3 is 3.08 bits per heavy atom. The van der Waals surface area contributed by atoms with Crippen molar-refractivity contribution in [3.05, 3.63) is 18.4 Å². The van der Waals surface area contributed by atoms with Crippen LogP contribution >= 0.6 is 12.4 Å². The molecule has 0 fully saturated rings. The van der Waals surface area contributed by atoms with E-state index in [1.54, 1.807) is 0 Å². The van der Waals surface area contributed by atoms with Crippen molar-refractivity contribution in [3.8, 4) is 0 Å². The minimum Gasteiger partial charge on any atom is -0.397 e. The topological polar surface area (TPSA) is 68.0 Å². The zero-order valence-corrected chi connectivity index (χ0v) is 7.16. The quantitative estimate of drug-likeness (QED) is 0.696. The average Bonchev–Trinajstić information content (AvgIpc) is 2.09. The van der Waals surface area contributed by atoms with E-state index in [-0.39, 0.29) is 42.2 Å². The molecular weight excluding hydrogens is 178 g/mol. The van der Waals surface area contributed by atoms with Gasteiger partial charge in [0.15, 0.2) is 0 Å². The summed E-state index contributed by atoms with van der Waals surface area (Å²) >= 11 is 0. The van der Waals surface area contributed by atoms with Crippen molar-refractivity contribution in [3.63, 3.8) is 0 Å². The van der Waals surface area contributed by atoms with Crippen LogP contribution in [0.5, 0.6) is 0 Å². The fraction of sp³-hybridized carbons (Fsp3) is 0.143. The maximum absolute atomic E-state index is 10.7. The Morgan fingerprint density at radius 1 is 1.83 bits per heavy atom. The summed E-state index contributed by atoms with van der Waals surface area (Å²) in [7, 11) is 0. The Labute approximate surface area is 80.8 Å². The molecule has 3 N–H and O–H groups in total. The molecule has 1 aromatic heterocycles. The molecule has 0 aliphatic heterocycles. The molecule has 0 aliphatic carbocycles. The van der Waals surface area contributed by atoms with Crippen molar-refractivity contribution in [1.29, 1.82) is 0 Å². The molecule has 0 atom stereocenters. The first-order valence-corrected chi connectivity index (χ1v) is 2.94. The first-order chi connectivity index (χ1) is 6.43. The number of hydrogen-bond donors (Lipinski definition) is 2. The number of rotatable bonds is 1. The van der Waals surface area contributed by atoms with Crippen molar-refractivity contribution < 1.29 is 8.91 Å². The van der Waals surface area contributed by atoms with E-state index in [4.69, 9.17) is 9.85 Å². The molecule has 4 nitrogen and oxygen atoms in total. The maximum Gasteiger partial charge on any atom is 0.221 e. The van der Waals surface area contributed by atoms with Crippen LogP contribution in [0.2, 0.25) is 0 Å². The lowest BCUT2D eigenvalue weighted by molar-refractivity contribution is -0.114. The van der Waals surface area contributed by atoms with Crippen molar-refractivity contribution in [2.24, 2.45) is 0 Å². The van der Waals surface area contributed by atoms with Crippen LogP contribution in [0, 0.1) is 0 Å². The molecule has 0 unspecified atom stereocenters. The van der Waals surface area contributed by atoms with Gasteiger partial charge in [0, 0.05) is 13.1 Å². The first-order valence-electron chi connectivity index (χ1n) is 4.44. The average molecular weight is 191 g/mol. The molecule has 0 aromatic carbocycles. The highest BCUT2D eigenvalue weighted by Crippen LogP contribution is 2.14. The predicted molar refractivity (Wildman–Crippen MR) is 50.2 cm³/mol. The lowest BCUT2D eigenvalue weighted by Gasteiger charge is -2.02. The van der Waals surface area contributed by atoms with E-state index in [1.807, 2.05) is 0 Å². The summed E-state index contributed by atoms with van der Waals surface area (Å²) in [4.78, 5) is 14.2. The van der Waals surface area contributed by atoms with Crippen molar-refractivity contribution >= 4 is 29.7 Å². The number of amides is 1. The minimum atomic E-state index is -0.399. The molecule has 0 spiro atoms. The number of carbonyl (C=O) groups is 1. The van der Waals surface area contributed by atoms with Crippen LogP contribution in [0.3, 0.4) is 0 Å². The van der Waals surface area contributed by atoms with Crippen molar-refractivity contribution in [2.75, 3.05) is 11.1 Å². The normalized spacial score (nSPS) is 11.9. The lowest BCUT2D eigenvalue weighted by atomic mass is 10.3. The Bertz CT molecular complexity index is 400. The molecule has 12 heavy (non-hydrogen) atoms. The summed E-state index contributed by atoms with van der Waals surface area (Å²) < 4.78 is 21.8. The maximum atomic E-state index is 10.7. The molecule has 5 heteroatoms. The summed E-state index contributed by atoms with van der Waals surface area (Å²) in [6.07, 6.45) is -0.680. The van der Waals surface area contributed by atoms with Gasteiger partial charge in [-0.05, 0) is 6.04 Å². The Kier molecular flexibility index (Phi) is 2.38. The highest BCUT2D eigenvalue weighted by molar-refractivity contribution is 5.91. The van der Waals surface area contributed by atoms with Gasteiger partial charge >= 0.3 is 0 Å². The van der Waals surface area contributed by atoms with Gasteiger partial charge in [-0.2, -0.15) is 0 Å². The lowest BCUT2D eigenvalue weighted by Crippen LogP contribution is -2.07. The van der Waals surface area contributed by atoms with Gasteiger partial charge < -0.3 is 11.1 Å². The number of hydrogen-bond acceptors (Lipinski definition) is 3. The van der Waals surface area contributed by atoms with E-state index in [0.717, 1.165) is 0 Å². The summed E-state index contributed by atoms with van der Waals surface area (Å²) in [5, 5.41) is 2.29. The van der Waals surface area contributed by atoms with Gasteiger partial charge in [-0.25, -0.2) is 0 Å². The smallest absolute Gasteiger partial charge is 0.221 e. The monoisotopic (exact) mass is 190 g/mol. The van der Waals surface area contributed by atoms with Crippen LogP contribution in [-0.2, 0) is 4.79 Å². The van der Waals surface area contributed by atoms with Gasteiger partial charge in [0.1, 0.15) is 0 Å². The molecule has 1 amide bonds. The second kappa shape index (κ2) is 4.56. The highest BCUT2D eigenvalue weighted by Gasteiger charge is 1.98. The number of aromatic nitrogens is 1. The zero-order chi connectivity index (χ0) is 10.9. The standard InChI is InChI=1S/C7H9N3O.ClH/c1-5(11)10-7-4-9-3-2-6(7)8;/h2-4H,1H3,(H2,8,9)(H,10,11);1H/i2D,3D,4D;. The Balaban J connectivity index is 0.00000196. The second-order valence-corrected chi connectivity index (χ2v) is 1.93. The number of nitrogen functional groups attached to an aromatic ring is 1. The molecule has 0 saturated heterocycles. The van der Waals surface area contributed by atoms with Crippen LogP contribution in [0.25, 0.3) is 0 Å². The fourth-order valence-corrected chi connectivity index (χ4v) is 0.566. The molecule has 1 aromatic rings. The SMILES string of the molecule is Cl.[2H]c1nc([2H])c(NC(C)=O)c(N)c1[2H]. The molecule has 1 heterocycles. The highest BCUT2D eigenvalue weighted by atomic mass is 35.5. The van der Waals surface area contributed by atoms with E-state index >= 15 is 0 Å². The predicted octanol–water partition coefficient (Wildman–Crippen LogP) is 1.04. The van der Waals surface area contributed by atoms with E-state index in [2.05, 4.69) is 10.3 Å². The van der Waals surface area contributed by atoms with Crippen LogP contribution in [0.1, 0.15) is 11.0 Å². The zero-order valence-electron chi connectivity index (χ0n) is 9.34. The molecule has 1 rings (SSSR count). The van der Waals surface area contributed by atoms with Crippen LogP contribution in [0.15, 0.2) is 18.4 Å². The summed E-state index contributed by atoms with van der Waals surface area (Å²) in [5.41, 5.74) is 5.33. The summed E-state index contributed by atoms with van der Waals surface area (Å²) in [6, 6.07) is -0.287. The summed E-state index contributed by atoms with van der Waals surface area (Å²) in [6.45, 7) is 1.26. The van der Waals surface area contributed by atoms with Crippen LogP contribution < -0.4 is 11.1 Å². The van der Waals surface area contributed by atoms with Gasteiger partial charge in [0.2, 0.25) is 5.91 Å². The molecule has 0 saturated carbocycles. The number of nitrogens with two attached hydrogens (primary N) is 1. The number of halogens is 1. The van der Waals surface area contributed by atoms with Crippen molar-refractivity contribution in [1.82, 2.24) is 4.98 Å². The van der Waals surface area contributed by atoms with Gasteiger partial charge in [-0.1, -0.05) is 0 Å². The van der Waals surface area contributed by atoms with Crippen molar-refractivity contribution in [2.45, 2.75) is 6.92 Å². The minimum absolute atomic E-state index is 0. The van der Waals surface area contributed by atoms with E-state index in [9.17, 15) is 4.79 Å². The largest absolute Gasteiger partial charge is 0.397 e. The molecule has 66 valence electrons. The Morgan fingerprint density at radius 2 is 2.50 bits per heavy atom. The van der Waals surface area contributed by atoms with Gasteiger partial charge in [0.25, 0.3) is 0 Å². The number of nitrogens with zero attached hydrogens (tertiary/aromatic N) is 1. The van der Waals surface area contributed by atoms with Gasteiger partial charge in [-0.3, -0.25) is 9.78 Å². The van der Waals surface area contributed by atoms with E-state index < -0.39 is 5.91 Å². The third kappa shape index (κ3) is 2.75. The van der Waals surface area contributed by atoms with Crippen LogP contribution in [-0.4, -0.2) is 10.9 Å². The van der Waals surface area contributed by atoms with E-state index in [0.29, 0.717) is 0 Å². The molecule has 0 aliphatic rings. The van der Waals surface area contributed by atoms with E-state index in [1.165, 1.54) is 6.92 Å². The number of anilines is 2. The third-order valence-corrected chi connectivity index (χ3v) is 0.985. The number of pyridine rings is 1. The van der Waals surface area contributed by atoms with Crippen LogP contribution in [0.4, 0.5) is 11.4 Å². The van der Waals surface area contributed by atoms with Gasteiger partial charge in [0.05, 0.1) is 21.7 Å². The molecular formula is C7H10ClN3O.